The van der Waals surface area contributed by atoms with Crippen LogP contribution >= 0.6 is 0 Å². The van der Waals surface area contributed by atoms with Crippen molar-refractivity contribution >= 4 is 11.0 Å². The van der Waals surface area contributed by atoms with Crippen molar-refractivity contribution in [3.05, 3.63) is 30.3 Å². The lowest BCUT2D eigenvalue weighted by atomic mass is 10.2. The van der Waals surface area contributed by atoms with Crippen LogP contribution in [0.25, 0.3) is 11.0 Å². The largest absolute Gasteiger partial charge is 0.504 e. The molecule has 0 bridgehead atoms. The van der Waals surface area contributed by atoms with Crippen LogP contribution in [-0.2, 0) is 0 Å². The Labute approximate surface area is 61.9 Å². The Morgan fingerprint density at radius 3 is 2.91 bits per heavy atom. The number of hydrogen-bond acceptors (Lipinski definition) is 2. The lowest BCUT2D eigenvalue weighted by Gasteiger charge is -1.89. The van der Waals surface area contributed by atoms with Crippen molar-refractivity contribution in [3.8, 4) is 5.75 Å². The van der Waals surface area contributed by atoms with Gasteiger partial charge in [0, 0.05) is 0 Å². The fraction of sp³-hybridized carbons (Fsp3) is 0. The van der Waals surface area contributed by atoms with Gasteiger partial charge in [-0.05, 0) is 12.1 Å². The molecule has 2 aromatic rings. The van der Waals surface area contributed by atoms with Gasteiger partial charge in [0.2, 0.25) is 0 Å². The molecular formula is C8H5FO2. The molecule has 2 nitrogen and oxygen atoms in total. The fourth-order valence-corrected chi connectivity index (χ4v) is 1.03. The summed E-state index contributed by atoms with van der Waals surface area (Å²) in [6.45, 7) is 0. The number of aromatic hydroxyl groups is 1. The van der Waals surface area contributed by atoms with Crippen molar-refractivity contribution in [2.24, 2.45) is 0 Å². The van der Waals surface area contributed by atoms with Crippen LogP contribution in [0.15, 0.2) is 28.9 Å². The van der Waals surface area contributed by atoms with Crippen molar-refractivity contribution in [2.45, 2.75) is 0 Å². The Balaban J connectivity index is 2.96. The first-order valence-electron chi connectivity index (χ1n) is 3.14. The molecule has 1 N–H and O–H groups in total. The monoisotopic (exact) mass is 152 g/mol. The fourth-order valence-electron chi connectivity index (χ4n) is 1.03. The summed E-state index contributed by atoms with van der Waals surface area (Å²) in [5.41, 5.74) is 0.363. The first-order chi connectivity index (χ1) is 5.29. The van der Waals surface area contributed by atoms with Gasteiger partial charge in [-0.1, -0.05) is 6.07 Å². The normalized spacial score (nSPS) is 10.6. The highest BCUT2D eigenvalue weighted by molar-refractivity contribution is 5.84. The summed E-state index contributed by atoms with van der Waals surface area (Å²) in [6.07, 6.45) is 1.12. The molecule has 56 valence electrons. The summed E-state index contributed by atoms with van der Waals surface area (Å²) in [5.74, 6) is -0.619. The number of fused-ring (bicyclic) bond motifs is 1. The van der Waals surface area contributed by atoms with Gasteiger partial charge in [0.25, 0.3) is 0 Å². The third-order valence-corrected chi connectivity index (χ3v) is 1.53. The van der Waals surface area contributed by atoms with Crippen LogP contribution in [0, 0.1) is 5.82 Å². The molecule has 1 heterocycles. The van der Waals surface area contributed by atoms with E-state index in [2.05, 4.69) is 0 Å². The predicted molar refractivity (Wildman–Crippen MR) is 37.8 cm³/mol. The summed E-state index contributed by atoms with van der Waals surface area (Å²) in [7, 11) is 0. The molecule has 0 aliphatic heterocycles. The van der Waals surface area contributed by atoms with E-state index in [0.717, 1.165) is 6.26 Å². The molecule has 0 aliphatic rings. The molecule has 0 atom stereocenters. The van der Waals surface area contributed by atoms with Gasteiger partial charge >= 0.3 is 0 Å². The standard InChI is InChI=1S/C8H5FO2/c9-5-2-1-3-7-8(5)6(10)4-11-7/h1-4,10H. The molecule has 0 unspecified atom stereocenters. The second-order valence-electron chi connectivity index (χ2n) is 2.23. The molecule has 1 aromatic carbocycles. The smallest absolute Gasteiger partial charge is 0.164 e. The zero-order valence-electron chi connectivity index (χ0n) is 5.54. The maximum absolute atomic E-state index is 12.9. The Morgan fingerprint density at radius 1 is 1.36 bits per heavy atom. The van der Waals surface area contributed by atoms with E-state index in [0.29, 0.717) is 5.58 Å². The van der Waals surface area contributed by atoms with Crippen LogP contribution in [0.4, 0.5) is 4.39 Å². The third kappa shape index (κ3) is 0.774. The van der Waals surface area contributed by atoms with E-state index in [-0.39, 0.29) is 11.1 Å². The number of rotatable bonds is 0. The highest BCUT2D eigenvalue weighted by atomic mass is 19.1. The molecule has 0 fully saturated rings. The molecule has 0 saturated heterocycles. The minimum atomic E-state index is -0.464. The predicted octanol–water partition coefficient (Wildman–Crippen LogP) is 2.28. The van der Waals surface area contributed by atoms with E-state index in [1.165, 1.54) is 12.1 Å². The van der Waals surface area contributed by atoms with Gasteiger partial charge in [-0.25, -0.2) is 4.39 Å². The second kappa shape index (κ2) is 1.99. The van der Waals surface area contributed by atoms with Crippen LogP contribution in [0.2, 0.25) is 0 Å². The maximum atomic E-state index is 12.9. The first kappa shape index (κ1) is 6.22. The molecular weight excluding hydrogens is 147 g/mol. The average molecular weight is 152 g/mol. The molecule has 0 spiro atoms. The third-order valence-electron chi connectivity index (χ3n) is 1.53. The number of halogens is 1. The quantitative estimate of drug-likeness (QED) is 0.628. The Morgan fingerprint density at radius 2 is 2.18 bits per heavy atom. The summed E-state index contributed by atoms with van der Waals surface area (Å²) >= 11 is 0. The van der Waals surface area contributed by atoms with Crippen LogP contribution in [0.1, 0.15) is 0 Å². The van der Waals surface area contributed by atoms with Crippen LogP contribution in [-0.4, -0.2) is 5.11 Å². The van der Waals surface area contributed by atoms with E-state index in [9.17, 15) is 4.39 Å². The van der Waals surface area contributed by atoms with Crippen molar-refractivity contribution in [2.75, 3.05) is 0 Å². The number of furan rings is 1. The lowest BCUT2D eigenvalue weighted by molar-refractivity contribution is 0.463. The van der Waals surface area contributed by atoms with Gasteiger partial charge in [0.15, 0.2) is 5.75 Å². The second-order valence-corrected chi connectivity index (χ2v) is 2.23. The van der Waals surface area contributed by atoms with Gasteiger partial charge in [-0.15, -0.1) is 0 Å². The van der Waals surface area contributed by atoms with Crippen molar-refractivity contribution in [1.29, 1.82) is 0 Å². The van der Waals surface area contributed by atoms with Gasteiger partial charge in [0.05, 0.1) is 5.39 Å². The molecule has 1 aromatic heterocycles. The summed E-state index contributed by atoms with van der Waals surface area (Å²) in [5, 5.41) is 9.20. The van der Waals surface area contributed by atoms with Crippen molar-refractivity contribution in [3.63, 3.8) is 0 Å². The average Bonchev–Trinajstić information content (AvgIpc) is 2.34. The lowest BCUT2D eigenvalue weighted by Crippen LogP contribution is -1.72. The summed E-state index contributed by atoms with van der Waals surface area (Å²) in [4.78, 5) is 0. The van der Waals surface area contributed by atoms with Crippen LogP contribution in [0.3, 0.4) is 0 Å². The number of hydrogen-bond donors (Lipinski definition) is 1. The minimum Gasteiger partial charge on any atom is -0.504 e. The van der Waals surface area contributed by atoms with Crippen molar-refractivity contribution in [1.82, 2.24) is 0 Å². The highest BCUT2D eigenvalue weighted by Crippen LogP contribution is 2.28. The van der Waals surface area contributed by atoms with Gasteiger partial charge in [-0.2, -0.15) is 0 Å². The first-order valence-corrected chi connectivity index (χ1v) is 3.14. The van der Waals surface area contributed by atoms with Gasteiger partial charge in [0.1, 0.15) is 17.7 Å². The van der Waals surface area contributed by atoms with Crippen molar-refractivity contribution < 1.29 is 13.9 Å². The molecule has 0 radical (unpaired) electrons. The number of benzene rings is 1. The highest BCUT2D eigenvalue weighted by Gasteiger charge is 2.07. The molecule has 0 saturated carbocycles. The van der Waals surface area contributed by atoms with E-state index in [1.807, 2.05) is 0 Å². The molecule has 0 aliphatic carbocycles. The van der Waals surface area contributed by atoms with E-state index in [1.54, 1.807) is 6.07 Å². The summed E-state index contributed by atoms with van der Waals surface area (Å²) < 4.78 is 17.7. The van der Waals surface area contributed by atoms with E-state index < -0.39 is 5.82 Å². The molecule has 0 amide bonds. The SMILES string of the molecule is Oc1coc2cccc(F)c12. The summed E-state index contributed by atoms with van der Waals surface area (Å²) in [6, 6.07) is 4.40. The Kier molecular flexibility index (Phi) is 1.12. The van der Waals surface area contributed by atoms with Crippen LogP contribution in [0.5, 0.6) is 5.75 Å². The Bertz CT molecular complexity index is 392. The topological polar surface area (TPSA) is 33.4 Å². The molecule has 3 heteroatoms. The molecule has 11 heavy (non-hydrogen) atoms. The van der Waals surface area contributed by atoms with E-state index in [4.69, 9.17) is 9.52 Å². The zero-order valence-corrected chi connectivity index (χ0v) is 5.54. The van der Waals surface area contributed by atoms with Gasteiger partial charge < -0.3 is 9.52 Å². The Hall–Kier alpha value is -1.51. The maximum Gasteiger partial charge on any atom is 0.164 e. The van der Waals surface area contributed by atoms with Gasteiger partial charge in [-0.3, -0.25) is 0 Å². The zero-order chi connectivity index (χ0) is 7.84. The van der Waals surface area contributed by atoms with Crippen LogP contribution < -0.4 is 0 Å². The van der Waals surface area contributed by atoms with E-state index >= 15 is 0 Å². The minimum absolute atomic E-state index is 0.146. The molecule has 2 rings (SSSR count).